The van der Waals surface area contributed by atoms with Gasteiger partial charge in [-0.25, -0.2) is 13.1 Å². The van der Waals surface area contributed by atoms with E-state index in [9.17, 15) is 13.5 Å². The number of halogens is 1. The molecule has 1 aliphatic heterocycles. The molecule has 2 heterocycles. The van der Waals surface area contributed by atoms with E-state index < -0.39 is 15.6 Å². The van der Waals surface area contributed by atoms with Crippen molar-refractivity contribution in [3.63, 3.8) is 0 Å². The van der Waals surface area contributed by atoms with Gasteiger partial charge in [0.2, 0.25) is 10.0 Å². The Morgan fingerprint density at radius 2 is 1.82 bits per heavy atom. The molecule has 4 rings (SSSR count). The van der Waals surface area contributed by atoms with Gasteiger partial charge in [-0.1, -0.05) is 48.5 Å². The van der Waals surface area contributed by atoms with Gasteiger partial charge in [-0.15, -0.1) is 11.3 Å². The number of hydrogen-bond donors (Lipinski definition) is 2. The van der Waals surface area contributed by atoms with Gasteiger partial charge >= 0.3 is 0 Å². The van der Waals surface area contributed by atoms with Crippen molar-refractivity contribution in [2.45, 2.75) is 22.3 Å². The molecule has 3 aromatic rings. The summed E-state index contributed by atoms with van der Waals surface area (Å²) < 4.78 is 34.8. The summed E-state index contributed by atoms with van der Waals surface area (Å²) in [5, 5.41) is 11.5. The third-order valence-electron chi connectivity index (χ3n) is 4.72. The highest BCUT2D eigenvalue weighted by Gasteiger charge is 2.41. The first-order valence-corrected chi connectivity index (χ1v) is 11.8. The number of ether oxygens (including phenoxy) is 1. The third-order valence-corrected chi connectivity index (χ3v) is 8.24. The molecule has 146 valence electrons. The van der Waals surface area contributed by atoms with Crippen LogP contribution in [0.25, 0.3) is 0 Å². The first kappa shape index (κ1) is 19.6. The number of hydrogen-bond acceptors (Lipinski definition) is 5. The number of sulfonamides is 1. The molecule has 2 unspecified atom stereocenters. The molecule has 2 aromatic carbocycles. The second kappa shape index (κ2) is 7.61. The van der Waals surface area contributed by atoms with Gasteiger partial charge in [0, 0.05) is 18.5 Å². The molecule has 0 amide bonds. The summed E-state index contributed by atoms with van der Waals surface area (Å²) in [4.78, 5) is 0. The van der Waals surface area contributed by atoms with E-state index in [0.717, 1.165) is 20.7 Å². The van der Waals surface area contributed by atoms with E-state index in [0.29, 0.717) is 11.3 Å². The number of nitrogens with one attached hydrogen (secondary N) is 1. The average molecular weight is 480 g/mol. The Bertz CT molecular complexity index is 1080. The minimum atomic E-state index is -3.72. The quantitative estimate of drug-likeness (QED) is 0.574. The van der Waals surface area contributed by atoms with Gasteiger partial charge in [0.25, 0.3) is 0 Å². The van der Waals surface area contributed by atoms with Crippen LogP contribution in [0, 0.1) is 0 Å². The summed E-state index contributed by atoms with van der Waals surface area (Å²) in [6, 6.07) is 20.0. The molecular weight excluding hydrogens is 462 g/mol. The second-order valence-corrected chi connectivity index (χ2v) is 11.1. The predicted octanol–water partition coefficient (Wildman–Crippen LogP) is 4.20. The summed E-state index contributed by atoms with van der Waals surface area (Å²) in [5.41, 5.74) is 0.120. The van der Waals surface area contributed by atoms with Crippen LogP contribution >= 0.6 is 27.3 Å². The van der Waals surface area contributed by atoms with Crippen LogP contribution in [0.3, 0.4) is 0 Å². The lowest BCUT2D eigenvalue weighted by Crippen LogP contribution is -2.44. The van der Waals surface area contributed by atoms with Crippen molar-refractivity contribution < 1.29 is 18.3 Å². The molecule has 5 nitrogen and oxygen atoms in total. The zero-order valence-electron chi connectivity index (χ0n) is 14.7. The molecule has 2 N–H and O–H groups in total. The normalized spacial score (nSPS) is 21.7. The van der Waals surface area contributed by atoms with E-state index in [-0.39, 0.29) is 23.3 Å². The zero-order chi connectivity index (χ0) is 19.8. The van der Waals surface area contributed by atoms with Crippen LogP contribution in [-0.2, 0) is 15.6 Å². The molecule has 0 aliphatic carbocycles. The highest BCUT2D eigenvalue weighted by Crippen LogP contribution is 2.44. The molecule has 0 bridgehead atoms. The fourth-order valence-corrected chi connectivity index (χ4v) is 6.46. The molecule has 1 aromatic heterocycles. The molecule has 0 radical (unpaired) electrons. The van der Waals surface area contributed by atoms with Crippen LogP contribution in [0.2, 0.25) is 0 Å². The van der Waals surface area contributed by atoms with E-state index in [4.69, 9.17) is 4.74 Å². The minimum absolute atomic E-state index is 0.144. The van der Waals surface area contributed by atoms with Crippen molar-refractivity contribution in [2.75, 3.05) is 6.54 Å². The maximum atomic E-state index is 12.6. The summed E-state index contributed by atoms with van der Waals surface area (Å²) in [7, 11) is -3.72. The largest absolute Gasteiger partial charge is 0.485 e. The lowest BCUT2D eigenvalue weighted by molar-refractivity contribution is -0.0270. The Kier molecular flexibility index (Phi) is 5.32. The number of para-hydroxylation sites is 1. The number of benzene rings is 2. The van der Waals surface area contributed by atoms with Crippen LogP contribution in [-0.4, -0.2) is 20.1 Å². The van der Waals surface area contributed by atoms with Crippen LogP contribution in [0.15, 0.2) is 74.7 Å². The van der Waals surface area contributed by atoms with Crippen molar-refractivity contribution in [3.05, 3.63) is 81.6 Å². The number of fused-ring (bicyclic) bond motifs is 1. The summed E-state index contributed by atoms with van der Waals surface area (Å²) in [6.45, 7) is -0.144. The summed E-state index contributed by atoms with van der Waals surface area (Å²) >= 11 is 4.40. The molecule has 0 fully saturated rings. The maximum absolute atomic E-state index is 12.6. The van der Waals surface area contributed by atoms with Gasteiger partial charge in [-0.05, 0) is 39.7 Å². The molecule has 2 atom stereocenters. The maximum Gasteiger partial charge on any atom is 0.250 e. The fourth-order valence-electron chi connectivity index (χ4n) is 3.31. The average Bonchev–Trinajstić information content (AvgIpc) is 3.15. The van der Waals surface area contributed by atoms with E-state index in [1.54, 1.807) is 24.3 Å². The van der Waals surface area contributed by atoms with E-state index >= 15 is 0 Å². The van der Waals surface area contributed by atoms with Crippen LogP contribution in [0.1, 0.15) is 23.7 Å². The number of rotatable bonds is 5. The highest BCUT2D eigenvalue weighted by atomic mass is 79.9. The van der Waals surface area contributed by atoms with E-state index in [1.807, 2.05) is 36.4 Å². The Morgan fingerprint density at radius 1 is 1.11 bits per heavy atom. The summed E-state index contributed by atoms with van der Waals surface area (Å²) in [6.07, 6.45) is -0.133. The Hall–Kier alpha value is -1.71. The van der Waals surface area contributed by atoms with Crippen molar-refractivity contribution >= 4 is 37.3 Å². The van der Waals surface area contributed by atoms with Gasteiger partial charge in [-0.3, -0.25) is 0 Å². The van der Waals surface area contributed by atoms with Crippen LogP contribution in [0.4, 0.5) is 0 Å². The predicted molar refractivity (Wildman–Crippen MR) is 112 cm³/mol. The second-order valence-electron chi connectivity index (χ2n) is 6.63. The molecule has 0 saturated carbocycles. The highest BCUT2D eigenvalue weighted by molar-refractivity contribution is 9.11. The SMILES string of the molecule is O=S(=O)(NCC1(O)CC(c2ccccc2)Oc2ccccc21)c1ccc(Br)s1. The third kappa shape index (κ3) is 3.88. The van der Waals surface area contributed by atoms with Crippen LogP contribution in [0.5, 0.6) is 5.75 Å². The van der Waals surface area contributed by atoms with Crippen molar-refractivity contribution in [2.24, 2.45) is 0 Å². The zero-order valence-corrected chi connectivity index (χ0v) is 17.9. The number of aliphatic hydroxyl groups is 1. The van der Waals surface area contributed by atoms with Gasteiger partial charge < -0.3 is 9.84 Å². The first-order chi connectivity index (χ1) is 13.4. The van der Waals surface area contributed by atoms with Gasteiger partial charge in [0.15, 0.2) is 0 Å². The lowest BCUT2D eigenvalue weighted by Gasteiger charge is -2.39. The molecule has 28 heavy (non-hydrogen) atoms. The molecule has 1 aliphatic rings. The van der Waals surface area contributed by atoms with Crippen molar-refractivity contribution in [1.82, 2.24) is 4.72 Å². The van der Waals surface area contributed by atoms with Gasteiger partial charge in [-0.2, -0.15) is 0 Å². The van der Waals surface area contributed by atoms with Gasteiger partial charge in [0.05, 0.1) is 3.79 Å². The Balaban J connectivity index is 1.64. The summed E-state index contributed by atoms with van der Waals surface area (Å²) in [5.74, 6) is 0.558. The molecular formula is C20H18BrNO4S2. The van der Waals surface area contributed by atoms with Gasteiger partial charge in [0.1, 0.15) is 21.7 Å². The van der Waals surface area contributed by atoms with Crippen LogP contribution < -0.4 is 9.46 Å². The standard InChI is InChI=1S/C20H18BrNO4S2/c21-18-10-11-19(27-18)28(24,25)22-13-20(23)12-17(14-6-2-1-3-7-14)26-16-9-5-4-8-15(16)20/h1-11,17,22-23H,12-13H2. The topological polar surface area (TPSA) is 75.6 Å². The lowest BCUT2D eigenvalue weighted by atomic mass is 9.83. The van der Waals surface area contributed by atoms with E-state index in [2.05, 4.69) is 20.7 Å². The molecule has 8 heteroatoms. The first-order valence-electron chi connectivity index (χ1n) is 8.66. The fraction of sp³-hybridized carbons (Fsp3) is 0.200. The molecule has 0 spiro atoms. The van der Waals surface area contributed by atoms with Crippen molar-refractivity contribution in [1.29, 1.82) is 0 Å². The Labute approximate surface area is 176 Å². The monoisotopic (exact) mass is 479 g/mol. The number of thiophene rings is 1. The Morgan fingerprint density at radius 3 is 2.54 bits per heavy atom. The smallest absolute Gasteiger partial charge is 0.250 e. The molecule has 0 saturated heterocycles. The van der Waals surface area contributed by atoms with E-state index in [1.165, 1.54) is 6.07 Å². The minimum Gasteiger partial charge on any atom is -0.485 e. The van der Waals surface area contributed by atoms with Crippen molar-refractivity contribution in [3.8, 4) is 5.75 Å².